The number of unbranched alkanes of at least 4 members (excludes halogenated alkanes) is 44. The maximum absolute atomic E-state index is 11.4. The van der Waals surface area contributed by atoms with E-state index in [1.54, 1.807) is 13.8 Å². The second-order valence-corrected chi connectivity index (χ2v) is 21.6. The third-order valence-electron chi connectivity index (χ3n) is 15.0. The quantitative estimate of drug-likeness (QED) is 0.0446. The summed E-state index contributed by atoms with van der Waals surface area (Å²) in [6, 6.07) is -0.916. The van der Waals surface area contributed by atoms with E-state index in [0.29, 0.717) is 0 Å². The standard InChI is InChI=1S/2C31H63NO2.Ca/c2*1-4-6-8-10-12-14-16-18-20-22-24-26-28-32(30(3)31(33)34)29-27-25-23-21-19-17-15-13-11-9-7-5-2;/h2*30H,4-29H2,1-3H3,(H,33,34);/q;;+2/p-2. The fourth-order valence-corrected chi connectivity index (χ4v) is 9.92. The first-order valence-corrected chi connectivity index (χ1v) is 31.2. The van der Waals surface area contributed by atoms with Gasteiger partial charge in [0.1, 0.15) is 0 Å². The smallest absolute Gasteiger partial charge is 0.548 e. The van der Waals surface area contributed by atoms with Gasteiger partial charge in [0, 0.05) is 12.1 Å². The summed E-state index contributed by atoms with van der Waals surface area (Å²) in [6.07, 6.45) is 64.4. The normalized spacial score (nSPS) is 12.3. The fraction of sp³-hybridized carbons (Fsp3) is 0.968. The van der Waals surface area contributed by atoms with Gasteiger partial charge in [-0.3, -0.25) is 9.80 Å². The topological polar surface area (TPSA) is 86.7 Å². The number of carbonyl (C=O) groups is 2. The van der Waals surface area contributed by atoms with Gasteiger partial charge in [-0.2, -0.15) is 0 Å². The minimum absolute atomic E-state index is 0. The minimum atomic E-state index is -0.919. The molecule has 0 heterocycles. The van der Waals surface area contributed by atoms with Crippen LogP contribution in [0.5, 0.6) is 0 Å². The van der Waals surface area contributed by atoms with Crippen molar-refractivity contribution >= 4 is 49.7 Å². The second-order valence-electron chi connectivity index (χ2n) is 21.6. The van der Waals surface area contributed by atoms with E-state index in [2.05, 4.69) is 37.5 Å². The number of hydrogen-bond acceptors (Lipinski definition) is 6. The van der Waals surface area contributed by atoms with E-state index >= 15 is 0 Å². The summed E-state index contributed by atoms with van der Waals surface area (Å²) in [4.78, 5) is 27.2. The fourth-order valence-electron chi connectivity index (χ4n) is 9.92. The molecule has 0 N–H and O–H groups in total. The molecule has 0 saturated heterocycles. The van der Waals surface area contributed by atoms with Crippen molar-refractivity contribution in [2.24, 2.45) is 0 Å². The van der Waals surface area contributed by atoms with E-state index in [9.17, 15) is 19.8 Å². The summed E-state index contributed by atoms with van der Waals surface area (Å²) in [7, 11) is 0. The first kappa shape index (κ1) is 73.4. The van der Waals surface area contributed by atoms with E-state index in [4.69, 9.17) is 0 Å². The average molecular weight is 1000 g/mol. The van der Waals surface area contributed by atoms with Crippen molar-refractivity contribution in [1.29, 1.82) is 0 Å². The van der Waals surface area contributed by atoms with E-state index in [1.807, 2.05) is 0 Å². The summed E-state index contributed by atoms with van der Waals surface area (Å²) < 4.78 is 0. The molecule has 0 aromatic rings. The third-order valence-corrected chi connectivity index (χ3v) is 15.0. The van der Waals surface area contributed by atoms with Crippen LogP contribution in [0.25, 0.3) is 0 Å². The monoisotopic (exact) mass is 1000 g/mol. The summed E-state index contributed by atoms with van der Waals surface area (Å²) >= 11 is 0. The molecular formula is C62H124CaN2O4. The van der Waals surface area contributed by atoms with Gasteiger partial charge in [0.25, 0.3) is 0 Å². The number of carboxylic acids is 2. The molecule has 69 heavy (non-hydrogen) atoms. The van der Waals surface area contributed by atoms with Crippen molar-refractivity contribution in [2.75, 3.05) is 26.2 Å². The Balaban J connectivity index is -0.00000124. The average Bonchev–Trinajstić information content (AvgIpc) is 3.33. The predicted octanol–water partition coefficient (Wildman–Crippen LogP) is 17.3. The first-order valence-electron chi connectivity index (χ1n) is 31.2. The molecule has 408 valence electrons. The van der Waals surface area contributed by atoms with Gasteiger partial charge >= 0.3 is 37.7 Å². The summed E-state index contributed by atoms with van der Waals surface area (Å²) in [5, 5.41) is 22.8. The van der Waals surface area contributed by atoms with Gasteiger partial charge in [0.05, 0.1) is 11.9 Å². The first-order chi connectivity index (χ1) is 33.3. The Hall–Kier alpha value is 0.120. The number of rotatable bonds is 56. The van der Waals surface area contributed by atoms with Crippen molar-refractivity contribution in [3.05, 3.63) is 0 Å². The largest absolute Gasteiger partial charge is 2.00 e. The van der Waals surface area contributed by atoms with E-state index < -0.39 is 24.0 Å². The van der Waals surface area contributed by atoms with Gasteiger partial charge in [0.15, 0.2) is 0 Å². The van der Waals surface area contributed by atoms with Crippen LogP contribution in [-0.4, -0.2) is 97.7 Å². The number of nitrogens with zero attached hydrogens (tertiary/aromatic N) is 2. The zero-order valence-electron chi connectivity index (χ0n) is 48.2. The number of carboxylic acid groups (broad SMARTS) is 2. The molecule has 0 rings (SSSR count). The predicted molar refractivity (Wildman–Crippen MR) is 302 cm³/mol. The molecule has 0 saturated carbocycles. The molecule has 0 aromatic carbocycles. The van der Waals surface area contributed by atoms with Crippen LogP contribution in [0.15, 0.2) is 0 Å². The van der Waals surface area contributed by atoms with Crippen LogP contribution in [-0.2, 0) is 9.59 Å². The third kappa shape index (κ3) is 57.3. The Morgan fingerprint density at radius 3 is 0.493 bits per heavy atom. The molecule has 0 amide bonds. The van der Waals surface area contributed by atoms with Gasteiger partial charge in [-0.05, 0) is 65.7 Å². The molecule has 0 fully saturated rings. The van der Waals surface area contributed by atoms with E-state index in [-0.39, 0.29) is 37.7 Å². The zero-order chi connectivity index (χ0) is 50.2. The Kier molecular flexibility index (Phi) is 66.4. The van der Waals surface area contributed by atoms with Gasteiger partial charge in [0.2, 0.25) is 0 Å². The molecule has 0 spiro atoms. The van der Waals surface area contributed by atoms with Crippen LogP contribution < -0.4 is 10.2 Å². The van der Waals surface area contributed by atoms with Crippen LogP contribution >= 0.6 is 0 Å². The molecule has 7 heteroatoms. The van der Waals surface area contributed by atoms with Crippen molar-refractivity contribution in [1.82, 2.24) is 9.80 Å². The van der Waals surface area contributed by atoms with E-state index in [1.165, 1.54) is 283 Å². The Labute approximate surface area is 464 Å². The van der Waals surface area contributed by atoms with Crippen LogP contribution in [0, 0.1) is 0 Å². The Bertz CT molecular complexity index is 852. The molecule has 2 atom stereocenters. The van der Waals surface area contributed by atoms with Crippen LogP contribution in [0.1, 0.15) is 350 Å². The molecular weight excluding hydrogens is 877 g/mol. The Morgan fingerprint density at radius 2 is 0.377 bits per heavy atom. The molecule has 0 radical (unpaired) electrons. The minimum Gasteiger partial charge on any atom is -0.548 e. The van der Waals surface area contributed by atoms with Gasteiger partial charge in [-0.25, -0.2) is 0 Å². The molecule has 0 aliphatic rings. The van der Waals surface area contributed by atoms with Crippen molar-refractivity contribution in [3.63, 3.8) is 0 Å². The molecule has 0 aromatic heterocycles. The van der Waals surface area contributed by atoms with Gasteiger partial charge in [-0.1, -0.05) is 310 Å². The van der Waals surface area contributed by atoms with Gasteiger partial charge < -0.3 is 19.8 Å². The summed E-state index contributed by atoms with van der Waals surface area (Å²) in [5.74, 6) is -1.84. The summed E-state index contributed by atoms with van der Waals surface area (Å²) in [5.41, 5.74) is 0. The van der Waals surface area contributed by atoms with Crippen LogP contribution in [0.4, 0.5) is 0 Å². The van der Waals surface area contributed by atoms with Crippen LogP contribution in [0.2, 0.25) is 0 Å². The van der Waals surface area contributed by atoms with Gasteiger partial charge in [-0.15, -0.1) is 0 Å². The Morgan fingerprint density at radius 1 is 0.261 bits per heavy atom. The number of carbonyl (C=O) groups excluding carboxylic acids is 2. The van der Waals surface area contributed by atoms with Crippen molar-refractivity contribution < 1.29 is 19.8 Å². The molecule has 2 unspecified atom stereocenters. The molecule has 0 aliphatic heterocycles. The maximum Gasteiger partial charge on any atom is 2.00 e. The van der Waals surface area contributed by atoms with E-state index in [0.717, 1.165) is 51.9 Å². The maximum atomic E-state index is 11.4. The molecule has 0 bridgehead atoms. The molecule has 6 nitrogen and oxygen atoms in total. The summed E-state index contributed by atoms with van der Waals surface area (Å²) in [6.45, 7) is 16.3. The molecule has 0 aliphatic carbocycles. The second kappa shape index (κ2) is 62.4. The SMILES string of the molecule is CCCCCCCCCCCCCCN(CCCCCCCCCCCCCC)C(C)C(=O)[O-].CCCCCCCCCCCCCCN(CCCCCCCCCCCCCC)C(C)C(=O)[O-].[Ca+2]. The van der Waals surface area contributed by atoms with Crippen molar-refractivity contribution in [2.45, 2.75) is 362 Å². The van der Waals surface area contributed by atoms with Crippen molar-refractivity contribution in [3.8, 4) is 0 Å². The number of hydrogen-bond donors (Lipinski definition) is 0. The zero-order valence-corrected chi connectivity index (χ0v) is 50.4. The van der Waals surface area contributed by atoms with Crippen LogP contribution in [0.3, 0.4) is 0 Å². The number of aliphatic carboxylic acids is 2.